The molecule has 0 aromatic rings. The van der Waals surface area contributed by atoms with Gasteiger partial charge >= 0.3 is 0 Å². The monoisotopic (exact) mass is 113 g/mol. The van der Waals surface area contributed by atoms with Gasteiger partial charge in [0.2, 0.25) is 5.91 Å². The molecule has 8 heavy (non-hydrogen) atoms. The van der Waals surface area contributed by atoms with Crippen LogP contribution in [0.25, 0.3) is 0 Å². The molecule has 0 fully saturated rings. The second-order valence-electron chi connectivity index (χ2n) is 1.67. The molecule has 1 rings (SSSR count). The smallest absolute Gasteiger partial charge is 0.243 e. The molecule has 0 radical (unpaired) electrons. The van der Waals surface area contributed by atoms with Crippen LogP contribution < -0.4 is 5.32 Å². The summed E-state index contributed by atoms with van der Waals surface area (Å²) in [5.74, 6) is -0.129. The van der Waals surface area contributed by atoms with E-state index in [9.17, 15) is 4.79 Å². The molecule has 0 bridgehead atoms. The maximum Gasteiger partial charge on any atom is 0.243 e. The quantitative estimate of drug-likeness (QED) is 0.425. The van der Waals surface area contributed by atoms with Crippen molar-refractivity contribution in [1.82, 2.24) is 5.32 Å². The summed E-state index contributed by atoms with van der Waals surface area (Å²) < 4.78 is 0. The molecule has 0 spiro atoms. The van der Waals surface area contributed by atoms with Crippen molar-refractivity contribution < 1.29 is 9.90 Å². The third-order valence-corrected chi connectivity index (χ3v) is 0.955. The van der Waals surface area contributed by atoms with E-state index >= 15 is 0 Å². The van der Waals surface area contributed by atoms with Gasteiger partial charge in [-0.2, -0.15) is 0 Å². The summed E-state index contributed by atoms with van der Waals surface area (Å²) in [7, 11) is 0. The summed E-state index contributed by atoms with van der Waals surface area (Å²) in [6.07, 6.45) is 2.31. The van der Waals surface area contributed by atoms with Gasteiger partial charge in [-0.05, 0) is 6.08 Å². The SMILES string of the molecule is O=C1C=CC(O)CN1. The van der Waals surface area contributed by atoms with Crippen LogP contribution in [0.2, 0.25) is 0 Å². The summed E-state index contributed by atoms with van der Waals surface area (Å²) in [5.41, 5.74) is 0. The largest absolute Gasteiger partial charge is 0.387 e. The lowest BCUT2D eigenvalue weighted by Gasteiger charge is -2.09. The number of aliphatic hydroxyl groups excluding tert-OH is 1. The molecule has 1 amide bonds. The topological polar surface area (TPSA) is 49.3 Å². The summed E-state index contributed by atoms with van der Waals surface area (Å²) in [6, 6.07) is 0. The van der Waals surface area contributed by atoms with Crippen LogP contribution >= 0.6 is 0 Å². The van der Waals surface area contributed by atoms with E-state index in [1.54, 1.807) is 0 Å². The summed E-state index contributed by atoms with van der Waals surface area (Å²) in [4.78, 5) is 10.3. The van der Waals surface area contributed by atoms with Gasteiger partial charge in [0.05, 0.1) is 6.10 Å². The molecule has 1 aliphatic heterocycles. The first-order valence-electron chi connectivity index (χ1n) is 2.43. The lowest BCUT2D eigenvalue weighted by Crippen LogP contribution is -2.33. The average Bonchev–Trinajstić information content (AvgIpc) is 1.77. The predicted molar refractivity (Wildman–Crippen MR) is 28.2 cm³/mol. The lowest BCUT2D eigenvalue weighted by atomic mass is 10.2. The van der Waals surface area contributed by atoms with Gasteiger partial charge in [-0.25, -0.2) is 0 Å². The molecule has 0 saturated heterocycles. The van der Waals surface area contributed by atoms with Crippen molar-refractivity contribution in [2.45, 2.75) is 6.10 Å². The van der Waals surface area contributed by atoms with E-state index < -0.39 is 6.10 Å². The van der Waals surface area contributed by atoms with Crippen LogP contribution in [-0.2, 0) is 4.79 Å². The highest BCUT2D eigenvalue weighted by Gasteiger charge is 2.06. The van der Waals surface area contributed by atoms with Gasteiger partial charge < -0.3 is 10.4 Å². The van der Waals surface area contributed by atoms with E-state index in [4.69, 9.17) is 5.11 Å². The third kappa shape index (κ3) is 1.07. The van der Waals surface area contributed by atoms with Gasteiger partial charge in [0.15, 0.2) is 0 Å². The molecule has 44 valence electrons. The Kier molecular flexibility index (Phi) is 1.30. The minimum Gasteiger partial charge on any atom is -0.387 e. The molecule has 0 aromatic heterocycles. The molecule has 1 atom stereocenters. The van der Waals surface area contributed by atoms with E-state index in [1.807, 2.05) is 0 Å². The van der Waals surface area contributed by atoms with E-state index in [0.29, 0.717) is 6.54 Å². The summed E-state index contributed by atoms with van der Waals surface area (Å²) in [5, 5.41) is 11.2. The lowest BCUT2D eigenvalue weighted by molar-refractivity contribution is -0.117. The number of amides is 1. The first-order valence-corrected chi connectivity index (χ1v) is 2.43. The molecular formula is C5H7NO2. The minimum absolute atomic E-state index is 0.129. The van der Waals surface area contributed by atoms with Crippen molar-refractivity contribution in [2.24, 2.45) is 0 Å². The zero-order chi connectivity index (χ0) is 5.98. The van der Waals surface area contributed by atoms with Crippen LogP contribution in [0.3, 0.4) is 0 Å². The van der Waals surface area contributed by atoms with Crippen molar-refractivity contribution >= 4 is 5.91 Å². The number of carbonyl (C=O) groups is 1. The number of nitrogens with one attached hydrogen (secondary N) is 1. The fraction of sp³-hybridized carbons (Fsp3) is 0.400. The maximum absolute atomic E-state index is 10.3. The highest BCUT2D eigenvalue weighted by atomic mass is 16.3. The zero-order valence-electron chi connectivity index (χ0n) is 4.29. The van der Waals surface area contributed by atoms with Crippen LogP contribution in [0.4, 0.5) is 0 Å². The Balaban J connectivity index is 2.55. The van der Waals surface area contributed by atoms with Crippen LogP contribution in [-0.4, -0.2) is 23.7 Å². The van der Waals surface area contributed by atoms with Gasteiger partial charge in [0.25, 0.3) is 0 Å². The van der Waals surface area contributed by atoms with Crippen LogP contribution in [0.5, 0.6) is 0 Å². The van der Waals surface area contributed by atoms with E-state index in [2.05, 4.69) is 5.32 Å². The number of aliphatic hydroxyl groups is 1. The standard InChI is InChI=1S/C5H7NO2/c7-4-1-2-5(8)6-3-4/h1-2,4,7H,3H2,(H,6,8). The number of hydrogen-bond donors (Lipinski definition) is 2. The summed E-state index contributed by atoms with van der Waals surface area (Å²) in [6.45, 7) is 0.343. The molecule has 3 nitrogen and oxygen atoms in total. The minimum atomic E-state index is -0.493. The number of hydrogen-bond acceptors (Lipinski definition) is 2. The van der Waals surface area contributed by atoms with Gasteiger partial charge in [-0.3, -0.25) is 4.79 Å². The third-order valence-electron chi connectivity index (χ3n) is 0.955. The van der Waals surface area contributed by atoms with Crippen LogP contribution in [0.1, 0.15) is 0 Å². The molecule has 0 aromatic carbocycles. The maximum atomic E-state index is 10.3. The Bertz CT molecular complexity index is 130. The van der Waals surface area contributed by atoms with E-state index in [1.165, 1.54) is 12.2 Å². The number of β-amino-alcohol motifs (C(OH)–C–C–N with tert-alkyl or cyclic N) is 1. The van der Waals surface area contributed by atoms with Crippen molar-refractivity contribution in [3.63, 3.8) is 0 Å². The molecule has 1 unspecified atom stereocenters. The molecule has 3 heteroatoms. The predicted octanol–water partition coefficient (Wildman–Crippen LogP) is -0.967. The van der Waals surface area contributed by atoms with Gasteiger partial charge in [0, 0.05) is 12.6 Å². The second kappa shape index (κ2) is 1.96. The number of carbonyl (C=O) groups excluding carboxylic acids is 1. The molecule has 1 aliphatic rings. The van der Waals surface area contributed by atoms with Crippen LogP contribution in [0, 0.1) is 0 Å². The van der Waals surface area contributed by atoms with Gasteiger partial charge in [-0.15, -0.1) is 0 Å². The fourth-order valence-corrected chi connectivity index (χ4v) is 0.531. The first-order chi connectivity index (χ1) is 3.79. The number of rotatable bonds is 0. The Morgan fingerprint density at radius 2 is 2.62 bits per heavy atom. The van der Waals surface area contributed by atoms with Crippen molar-refractivity contribution in [3.05, 3.63) is 12.2 Å². The Labute approximate surface area is 47.0 Å². The normalized spacial score (nSPS) is 27.6. The highest BCUT2D eigenvalue weighted by molar-refractivity contribution is 5.88. The Morgan fingerprint density at radius 3 is 3.00 bits per heavy atom. The Morgan fingerprint density at radius 1 is 1.88 bits per heavy atom. The second-order valence-corrected chi connectivity index (χ2v) is 1.67. The average molecular weight is 113 g/mol. The molecule has 0 aliphatic carbocycles. The zero-order valence-corrected chi connectivity index (χ0v) is 4.29. The van der Waals surface area contributed by atoms with Crippen molar-refractivity contribution in [2.75, 3.05) is 6.54 Å². The fourth-order valence-electron chi connectivity index (χ4n) is 0.531. The first kappa shape index (κ1) is 5.31. The molecule has 2 N–H and O–H groups in total. The molecule has 1 heterocycles. The molecule has 0 saturated carbocycles. The van der Waals surface area contributed by atoms with Crippen molar-refractivity contribution in [1.29, 1.82) is 0 Å². The van der Waals surface area contributed by atoms with Crippen molar-refractivity contribution in [3.8, 4) is 0 Å². The van der Waals surface area contributed by atoms with Gasteiger partial charge in [0.1, 0.15) is 0 Å². The summed E-state index contributed by atoms with van der Waals surface area (Å²) >= 11 is 0. The molecular weight excluding hydrogens is 106 g/mol. The Hall–Kier alpha value is -0.830. The highest BCUT2D eigenvalue weighted by Crippen LogP contribution is 1.89. The van der Waals surface area contributed by atoms with E-state index in [-0.39, 0.29) is 5.91 Å². The van der Waals surface area contributed by atoms with Crippen LogP contribution in [0.15, 0.2) is 12.2 Å². The van der Waals surface area contributed by atoms with Gasteiger partial charge in [-0.1, -0.05) is 0 Å². The van der Waals surface area contributed by atoms with E-state index in [0.717, 1.165) is 0 Å².